The van der Waals surface area contributed by atoms with Crippen molar-refractivity contribution in [3.63, 3.8) is 0 Å². The summed E-state index contributed by atoms with van der Waals surface area (Å²) in [5.74, 6) is 3.17. The van der Waals surface area contributed by atoms with Crippen molar-refractivity contribution in [2.75, 3.05) is 11.9 Å². The number of ether oxygens (including phenoxy) is 1. The number of unbranched alkanes of at least 4 members (excludes halogenated alkanes) is 1. The lowest BCUT2D eigenvalue weighted by atomic mass is 9.84. The molecular weight excluding hydrogens is 264 g/mol. The molecule has 0 aromatic carbocycles. The van der Waals surface area contributed by atoms with Crippen molar-refractivity contribution in [3.05, 3.63) is 24.3 Å². The van der Waals surface area contributed by atoms with Crippen molar-refractivity contribution < 1.29 is 4.74 Å². The van der Waals surface area contributed by atoms with Crippen molar-refractivity contribution >= 4 is 15.9 Å². The zero-order chi connectivity index (χ0) is 11.0. The maximum Gasteiger partial charge on any atom is 0.0795 e. The molecule has 3 rings (SSSR count). The van der Waals surface area contributed by atoms with Crippen LogP contribution in [0.1, 0.15) is 19.3 Å². The largest absolute Gasteiger partial charge is 0.374 e. The lowest BCUT2D eigenvalue weighted by Gasteiger charge is -2.26. The number of allylic oxidation sites excluding steroid dienone is 3. The van der Waals surface area contributed by atoms with Gasteiger partial charge in [-0.05, 0) is 37.0 Å². The molecule has 1 nitrogen and oxygen atoms in total. The molecule has 0 saturated heterocycles. The van der Waals surface area contributed by atoms with Crippen LogP contribution in [0.4, 0.5) is 0 Å². The van der Waals surface area contributed by atoms with E-state index in [4.69, 9.17) is 4.74 Å². The SMILES string of the molecule is BrCCCCOC1C=CC2C3C=CC(C3)C12. The second kappa shape index (κ2) is 4.66. The van der Waals surface area contributed by atoms with E-state index in [2.05, 4.69) is 40.2 Å². The van der Waals surface area contributed by atoms with E-state index in [1.807, 2.05) is 0 Å². The molecule has 2 heteroatoms. The van der Waals surface area contributed by atoms with Crippen molar-refractivity contribution in [1.29, 1.82) is 0 Å². The number of fused-ring (bicyclic) bond motifs is 5. The topological polar surface area (TPSA) is 9.23 Å². The molecule has 16 heavy (non-hydrogen) atoms. The fourth-order valence-electron chi connectivity index (χ4n) is 3.58. The normalized spacial score (nSPS) is 43.2. The van der Waals surface area contributed by atoms with Crippen LogP contribution in [0.5, 0.6) is 0 Å². The van der Waals surface area contributed by atoms with E-state index in [1.165, 1.54) is 19.3 Å². The van der Waals surface area contributed by atoms with E-state index in [1.54, 1.807) is 0 Å². The lowest BCUT2D eigenvalue weighted by molar-refractivity contribution is 0.0339. The highest BCUT2D eigenvalue weighted by atomic mass is 79.9. The van der Waals surface area contributed by atoms with Crippen molar-refractivity contribution in [2.24, 2.45) is 23.7 Å². The molecule has 0 heterocycles. The van der Waals surface area contributed by atoms with Crippen LogP contribution in [0.3, 0.4) is 0 Å². The van der Waals surface area contributed by atoms with Crippen LogP contribution in [-0.2, 0) is 4.74 Å². The van der Waals surface area contributed by atoms with Crippen LogP contribution < -0.4 is 0 Å². The van der Waals surface area contributed by atoms with Crippen LogP contribution in [0.25, 0.3) is 0 Å². The molecular formula is C14H19BrO. The molecule has 88 valence electrons. The van der Waals surface area contributed by atoms with E-state index in [-0.39, 0.29) is 0 Å². The first-order chi connectivity index (χ1) is 7.90. The highest BCUT2D eigenvalue weighted by Crippen LogP contribution is 2.53. The number of hydrogen-bond acceptors (Lipinski definition) is 1. The van der Waals surface area contributed by atoms with Gasteiger partial charge in [-0.1, -0.05) is 40.2 Å². The summed E-state index contributed by atoms with van der Waals surface area (Å²) in [6.07, 6.45) is 13.7. The zero-order valence-electron chi connectivity index (χ0n) is 9.52. The quantitative estimate of drug-likeness (QED) is 0.426. The number of alkyl halides is 1. The van der Waals surface area contributed by atoms with Gasteiger partial charge in [-0.3, -0.25) is 0 Å². The third-order valence-electron chi connectivity index (χ3n) is 4.32. The second-order valence-electron chi connectivity index (χ2n) is 5.22. The third-order valence-corrected chi connectivity index (χ3v) is 4.88. The molecule has 0 aliphatic heterocycles. The van der Waals surface area contributed by atoms with Gasteiger partial charge in [0.25, 0.3) is 0 Å². The van der Waals surface area contributed by atoms with E-state index in [0.29, 0.717) is 6.10 Å². The summed E-state index contributed by atoms with van der Waals surface area (Å²) in [6, 6.07) is 0. The molecule has 3 aliphatic rings. The van der Waals surface area contributed by atoms with Crippen LogP contribution in [0.15, 0.2) is 24.3 Å². The first-order valence-corrected chi connectivity index (χ1v) is 7.56. The Labute approximate surface area is 106 Å². The molecule has 2 bridgehead atoms. The highest BCUT2D eigenvalue weighted by Gasteiger charge is 2.49. The summed E-state index contributed by atoms with van der Waals surface area (Å²) >= 11 is 3.46. The van der Waals surface area contributed by atoms with Crippen LogP contribution in [0, 0.1) is 23.7 Å². The van der Waals surface area contributed by atoms with Crippen LogP contribution in [0.2, 0.25) is 0 Å². The summed E-state index contributed by atoms with van der Waals surface area (Å²) in [5, 5.41) is 1.09. The molecule has 3 aliphatic carbocycles. The van der Waals surface area contributed by atoms with Gasteiger partial charge in [0.1, 0.15) is 0 Å². The van der Waals surface area contributed by atoms with Gasteiger partial charge >= 0.3 is 0 Å². The summed E-state index contributed by atoms with van der Waals surface area (Å²) in [5.41, 5.74) is 0. The number of hydrogen-bond donors (Lipinski definition) is 0. The van der Waals surface area contributed by atoms with Gasteiger partial charge in [0.05, 0.1) is 6.10 Å². The van der Waals surface area contributed by atoms with E-state index >= 15 is 0 Å². The minimum absolute atomic E-state index is 0.403. The monoisotopic (exact) mass is 282 g/mol. The first-order valence-electron chi connectivity index (χ1n) is 6.44. The van der Waals surface area contributed by atoms with Gasteiger partial charge in [-0.15, -0.1) is 0 Å². The predicted molar refractivity (Wildman–Crippen MR) is 69.6 cm³/mol. The highest BCUT2D eigenvalue weighted by molar-refractivity contribution is 9.09. The fourth-order valence-corrected chi connectivity index (χ4v) is 3.98. The van der Waals surface area contributed by atoms with E-state index in [9.17, 15) is 0 Å². The van der Waals surface area contributed by atoms with Gasteiger partial charge < -0.3 is 4.74 Å². The van der Waals surface area contributed by atoms with Gasteiger partial charge in [-0.25, -0.2) is 0 Å². The Balaban J connectivity index is 1.54. The molecule has 0 spiro atoms. The minimum Gasteiger partial charge on any atom is -0.374 e. The van der Waals surface area contributed by atoms with Crippen molar-refractivity contribution in [2.45, 2.75) is 25.4 Å². The van der Waals surface area contributed by atoms with Gasteiger partial charge in [0.2, 0.25) is 0 Å². The standard InChI is InChI=1S/C14H19BrO/c15-7-1-2-8-16-13-6-5-12-10-3-4-11(9-10)14(12)13/h3-6,10-14H,1-2,7-9H2. The molecule has 1 saturated carbocycles. The average Bonchev–Trinajstić information content (AvgIpc) is 2.97. The van der Waals surface area contributed by atoms with Crippen LogP contribution in [-0.4, -0.2) is 18.0 Å². The Kier molecular flexibility index (Phi) is 3.21. The zero-order valence-corrected chi connectivity index (χ0v) is 11.1. The van der Waals surface area contributed by atoms with Gasteiger partial charge in [0, 0.05) is 17.9 Å². The Hall–Kier alpha value is -0.0800. The Morgan fingerprint density at radius 2 is 1.94 bits per heavy atom. The predicted octanol–water partition coefficient (Wildman–Crippen LogP) is 3.55. The summed E-state index contributed by atoms with van der Waals surface area (Å²) < 4.78 is 6.03. The first kappa shape index (κ1) is 11.0. The number of halogens is 1. The molecule has 0 aromatic rings. The van der Waals surface area contributed by atoms with Crippen molar-refractivity contribution in [3.8, 4) is 0 Å². The number of rotatable bonds is 5. The Bertz CT molecular complexity index is 310. The molecule has 1 fully saturated rings. The third kappa shape index (κ3) is 1.80. The second-order valence-corrected chi connectivity index (χ2v) is 6.01. The molecule has 0 amide bonds. The Morgan fingerprint density at radius 1 is 1.06 bits per heavy atom. The molecule has 5 unspecified atom stereocenters. The van der Waals surface area contributed by atoms with E-state index < -0.39 is 0 Å². The molecule has 0 N–H and O–H groups in total. The molecule has 5 atom stereocenters. The average molecular weight is 283 g/mol. The summed E-state index contributed by atoms with van der Waals surface area (Å²) in [6.45, 7) is 0.922. The maximum atomic E-state index is 6.03. The minimum atomic E-state index is 0.403. The van der Waals surface area contributed by atoms with Crippen LogP contribution >= 0.6 is 15.9 Å². The van der Waals surface area contributed by atoms with E-state index in [0.717, 1.165) is 35.6 Å². The molecule has 0 aromatic heterocycles. The summed E-state index contributed by atoms with van der Waals surface area (Å²) in [7, 11) is 0. The van der Waals surface area contributed by atoms with Gasteiger partial charge in [-0.2, -0.15) is 0 Å². The summed E-state index contributed by atoms with van der Waals surface area (Å²) in [4.78, 5) is 0. The van der Waals surface area contributed by atoms with Gasteiger partial charge in [0.15, 0.2) is 0 Å². The molecule has 0 radical (unpaired) electrons. The maximum absolute atomic E-state index is 6.03. The Morgan fingerprint density at radius 3 is 2.81 bits per heavy atom. The smallest absolute Gasteiger partial charge is 0.0795 e. The fraction of sp³-hybridized carbons (Fsp3) is 0.714. The van der Waals surface area contributed by atoms with Crippen molar-refractivity contribution in [1.82, 2.24) is 0 Å². The lowest BCUT2D eigenvalue weighted by Crippen LogP contribution is -2.27.